The molecule has 1 aromatic carbocycles. The molecule has 2 aromatic rings. The van der Waals surface area contributed by atoms with Gasteiger partial charge < -0.3 is 10.1 Å². The zero-order chi connectivity index (χ0) is 9.42. The van der Waals surface area contributed by atoms with Crippen molar-refractivity contribution in [3.63, 3.8) is 0 Å². The molecule has 2 rings (SSSR count). The minimum atomic E-state index is -0.0346. The van der Waals surface area contributed by atoms with Crippen molar-refractivity contribution in [3.8, 4) is 0 Å². The number of benzene rings is 1. The van der Waals surface area contributed by atoms with Crippen molar-refractivity contribution in [2.45, 2.75) is 20.5 Å². The second-order valence-electron chi connectivity index (χ2n) is 3.32. The van der Waals surface area contributed by atoms with E-state index in [0.717, 1.165) is 16.6 Å². The van der Waals surface area contributed by atoms with Crippen LogP contribution in [-0.4, -0.2) is 15.1 Å². The molecule has 0 saturated carbocycles. The number of hydrogen-bond acceptors (Lipinski definition) is 2. The maximum absolute atomic E-state index is 8.91. The molecule has 0 radical (unpaired) electrons. The van der Waals surface area contributed by atoms with Gasteiger partial charge in [0.1, 0.15) is 12.4 Å². The SMILES string of the molecule is Cc1cc(C)c2nc(CO)[nH]c2c1. The fraction of sp³-hybridized carbons (Fsp3) is 0.300. The lowest BCUT2D eigenvalue weighted by molar-refractivity contribution is 0.273. The fourth-order valence-corrected chi connectivity index (χ4v) is 1.60. The summed E-state index contributed by atoms with van der Waals surface area (Å²) in [4.78, 5) is 7.33. The monoisotopic (exact) mass is 176 g/mol. The van der Waals surface area contributed by atoms with Gasteiger partial charge in [-0.2, -0.15) is 0 Å². The van der Waals surface area contributed by atoms with Crippen LogP contribution in [0.1, 0.15) is 17.0 Å². The van der Waals surface area contributed by atoms with Gasteiger partial charge in [-0.15, -0.1) is 0 Å². The number of aromatic amines is 1. The summed E-state index contributed by atoms with van der Waals surface area (Å²) in [6, 6.07) is 4.12. The van der Waals surface area contributed by atoms with Gasteiger partial charge >= 0.3 is 0 Å². The summed E-state index contributed by atoms with van der Waals surface area (Å²) in [5, 5.41) is 8.91. The van der Waals surface area contributed by atoms with Gasteiger partial charge in [-0.25, -0.2) is 4.98 Å². The number of rotatable bonds is 1. The number of fused-ring (bicyclic) bond motifs is 1. The number of aliphatic hydroxyl groups excluding tert-OH is 1. The van der Waals surface area contributed by atoms with Crippen molar-refractivity contribution in [2.24, 2.45) is 0 Å². The third-order valence-electron chi connectivity index (χ3n) is 2.12. The lowest BCUT2D eigenvalue weighted by Gasteiger charge is -1.96. The number of H-pyrrole nitrogens is 1. The van der Waals surface area contributed by atoms with E-state index in [2.05, 4.69) is 16.0 Å². The van der Waals surface area contributed by atoms with Crippen LogP contribution in [0.5, 0.6) is 0 Å². The molecule has 0 fully saturated rings. The van der Waals surface area contributed by atoms with Crippen molar-refractivity contribution in [2.75, 3.05) is 0 Å². The number of aromatic nitrogens is 2. The molecule has 2 N–H and O–H groups in total. The van der Waals surface area contributed by atoms with E-state index >= 15 is 0 Å². The first-order valence-corrected chi connectivity index (χ1v) is 4.27. The Hall–Kier alpha value is -1.35. The highest BCUT2D eigenvalue weighted by Gasteiger charge is 2.04. The zero-order valence-electron chi connectivity index (χ0n) is 7.76. The molecule has 0 atom stereocenters. The summed E-state index contributed by atoms with van der Waals surface area (Å²) in [6.07, 6.45) is 0. The van der Waals surface area contributed by atoms with Crippen LogP contribution in [0, 0.1) is 13.8 Å². The molecule has 68 valence electrons. The van der Waals surface area contributed by atoms with Gasteiger partial charge in [-0.05, 0) is 31.0 Å². The maximum Gasteiger partial charge on any atom is 0.133 e. The Labute approximate surface area is 76.4 Å². The maximum atomic E-state index is 8.91. The van der Waals surface area contributed by atoms with Crippen molar-refractivity contribution in [1.29, 1.82) is 0 Å². The van der Waals surface area contributed by atoms with Crippen molar-refractivity contribution in [1.82, 2.24) is 9.97 Å². The van der Waals surface area contributed by atoms with Crippen LogP contribution in [0.2, 0.25) is 0 Å². The molecule has 0 saturated heterocycles. The van der Waals surface area contributed by atoms with Gasteiger partial charge in [-0.1, -0.05) is 6.07 Å². The molecule has 3 heteroatoms. The zero-order valence-corrected chi connectivity index (χ0v) is 7.76. The predicted octanol–water partition coefficient (Wildman–Crippen LogP) is 1.67. The minimum Gasteiger partial charge on any atom is -0.388 e. The average Bonchev–Trinajstić information content (AvgIpc) is 2.47. The van der Waals surface area contributed by atoms with Crippen molar-refractivity contribution >= 4 is 11.0 Å². The second-order valence-corrected chi connectivity index (χ2v) is 3.32. The third-order valence-corrected chi connectivity index (χ3v) is 2.12. The molecule has 0 aliphatic heterocycles. The molecule has 0 aliphatic carbocycles. The molecule has 13 heavy (non-hydrogen) atoms. The Balaban J connectivity index is 2.75. The summed E-state index contributed by atoms with van der Waals surface area (Å²) in [7, 11) is 0. The molecule has 1 aromatic heterocycles. The van der Waals surface area contributed by atoms with Crippen molar-refractivity contribution < 1.29 is 5.11 Å². The lowest BCUT2D eigenvalue weighted by Crippen LogP contribution is -1.83. The molecule has 0 spiro atoms. The normalized spacial score (nSPS) is 11.0. The Morgan fingerprint density at radius 1 is 1.38 bits per heavy atom. The summed E-state index contributed by atoms with van der Waals surface area (Å²) in [5.41, 5.74) is 4.31. The summed E-state index contributed by atoms with van der Waals surface area (Å²) >= 11 is 0. The highest BCUT2D eigenvalue weighted by molar-refractivity contribution is 5.79. The molecule has 1 heterocycles. The van der Waals surface area contributed by atoms with E-state index in [4.69, 9.17) is 5.11 Å². The number of nitrogens with one attached hydrogen (secondary N) is 1. The standard InChI is InChI=1S/C10H12N2O/c1-6-3-7(2)10-8(4-6)11-9(5-13)12-10/h3-4,13H,5H2,1-2H3,(H,11,12). The number of nitrogens with zero attached hydrogens (tertiary/aromatic N) is 1. The van der Waals surface area contributed by atoms with Crippen LogP contribution in [0.3, 0.4) is 0 Å². The summed E-state index contributed by atoms with van der Waals surface area (Å²) < 4.78 is 0. The minimum absolute atomic E-state index is 0.0346. The predicted molar refractivity (Wildman–Crippen MR) is 51.5 cm³/mol. The van der Waals surface area contributed by atoms with E-state index in [9.17, 15) is 0 Å². The van der Waals surface area contributed by atoms with E-state index in [1.807, 2.05) is 19.9 Å². The molecule has 0 aliphatic rings. The fourth-order valence-electron chi connectivity index (χ4n) is 1.60. The Morgan fingerprint density at radius 2 is 2.15 bits per heavy atom. The average molecular weight is 176 g/mol. The van der Waals surface area contributed by atoms with Crippen LogP contribution in [0.4, 0.5) is 0 Å². The van der Waals surface area contributed by atoms with Gasteiger partial charge in [0, 0.05) is 0 Å². The first-order valence-electron chi connectivity index (χ1n) is 4.27. The smallest absolute Gasteiger partial charge is 0.133 e. The van der Waals surface area contributed by atoms with E-state index in [1.54, 1.807) is 0 Å². The highest BCUT2D eigenvalue weighted by Crippen LogP contribution is 2.17. The van der Waals surface area contributed by atoms with Crippen LogP contribution < -0.4 is 0 Å². The van der Waals surface area contributed by atoms with Gasteiger partial charge in [-0.3, -0.25) is 0 Å². The molecule has 0 amide bonds. The Morgan fingerprint density at radius 3 is 2.85 bits per heavy atom. The number of aliphatic hydroxyl groups is 1. The molecular weight excluding hydrogens is 164 g/mol. The van der Waals surface area contributed by atoms with Gasteiger partial charge in [0.05, 0.1) is 11.0 Å². The van der Waals surface area contributed by atoms with E-state index < -0.39 is 0 Å². The second kappa shape index (κ2) is 2.85. The van der Waals surface area contributed by atoms with E-state index in [0.29, 0.717) is 5.82 Å². The van der Waals surface area contributed by atoms with Gasteiger partial charge in [0.25, 0.3) is 0 Å². The molecule has 3 nitrogen and oxygen atoms in total. The third kappa shape index (κ3) is 1.31. The lowest BCUT2D eigenvalue weighted by atomic mass is 10.1. The van der Waals surface area contributed by atoms with Gasteiger partial charge in [0.15, 0.2) is 0 Å². The largest absolute Gasteiger partial charge is 0.388 e. The topological polar surface area (TPSA) is 48.9 Å². The van der Waals surface area contributed by atoms with E-state index in [-0.39, 0.29) is 6.61 Å². The molecular formula is C10H12N2O. The Bertz CT molecular complexity index is 445. The summed E-state index contributed by atoms with van der Waals surface area (Å²) in [6.45, 7) is 4.04. The Kier molecular flexibility index (Phi) is 1.81. The van der Waals surface area contributed by atoms with E-state index in [1.165, 1.54) is 5.56 Å². The van der Waals surface area contributed by atoms with Crippen LogP contribution in [0.25, 0.3) is 11.0 Å². The number of aryl methyl sites for hydroxylation is 2. The van der Waals surface area contributed by atoms with Crippen LogP contribution >= 0.6 is 0 Å². The van der Waals surface area contributed by atoms with Crippen molar-refractivity contribution in [3.05, 3.63) is 29.1 Å². The first kappa shape index (κ1) is 8.26. The number of hydrogen-bond donors (Lipinski definition) is 2. The molecule has 0 unspecified atom stereocenters. The van der Waals surface area contributed by atoms with Crippen LogP contribution in [-0.2, 0) is 6.61 Å². The first-order chi connectivity index (χ1) is 6.20. The number of imidazole rings is 1. The summed E-state index contributed by atoms with van der Waals surface area (Å²) in [5.74, 6) is 0.628. The quantitative estimate of drug-likeness (QED) is 0.694. The molecule has 0 bridgehead atoms. The highest BCUT2D eigenvalue weighted by atomic mass is 16.3. The van der Waals surface area contributed by atoms with Crippen LogP contribution in [0.15, 0.2) is 12.1 Å². The van der Waals surface area contributed by atoms with Gasteiger partial charge in [0.2, 0.25) is 0 Å².